The number of anilines is 3. The fourth-order valence-electron chi connectivity index (χ4n) is 9.89. The van der Waals surface area contributed by atoms with Gasteiger partial charge in [-0.3, -0.25) is 0 Å². The number of fused-ring (bicyclic) bond motifs is 4. The molecule has 0 fully saturated rings. The maximum absolute atomic E-state index is 6.78. The van der Waals surface area contributed by atoms with E-state index in [9.17, 15) is 0 Å². The average Bonchev–Trinajstić information content (AvgIpc) is 3.53. The predicted octanol–water partition coefficient (Wildman–Crippen LogP) is 15.9. The van der Waals surface area contributed by atoms with E-state index >= 15 is 0 Å². The van der Waals surface area contributed by atoms with Crippen molar-refractivity contribution in [3.05, 3.63) is 259 Å². The van der Waals surface area contributed by atoms with Gasteiger partial charge in [-0.1, -0.05) is 182 Å². The van der Waals surface area contributed by atoms with Gasteiger partial charge in [-0.15, -0.1) is 0 Å². The Morgan fingerprint density at radius 1 is 0.306 bits per heavy atom. The topological polar surface area (TPSA) is 21.7 Å². The van der Waals surface area contributed by atoms with Gasteiger partial charge in [0.1, 0.15) is 11.5 Å². The minimum absolute atomic E-state index is 0.545. The Hall–Kier alpha value is -8.14. The highest BCUT2D eigenvalue weighted by atomic mass is 16.5. The molecule has 1 heterocycles. The number of ether oxygens (including phenoxy) is 2. The van der Waals surface area contributed by atoms with Crippen molar-refractivity contribution in [1.82, 2.24) is 0 Å². The van der Waals surface area contributed by atoms with Crippen LogP contribution in [0.25, 0.3) is 44.2 Å². The van der Waals surface area contributed by atoms with Crippen molar-refractivity contribution in [2.24, 2.45) is 0 Å². The smallest absolute Gasteiger partial charge is 0.172 e. The lowest BCUT2D eigenvalue weighted by Crippen LogP contribution is -2.28. The summed E-state index contributed by atoms with van der Waals surface area (Å²) in [5.74, 6) is 2.87. The molecule has 62 heavy (non-hydrogen) atoms. The summed E-state index contributed by atoms with van der Waals surface area (Å²) >= 11 is 0. The fourth-order valence-corrected chi connectivity index (χ4v) is 9.89. The summed E-state index contributed by atoms with van der Waals surface area (Å²) in [5, 5.41) is 2.04. The van der Waals surface area contributed by atoms with Crippen LogP contribution in [0.15, 0.2) is 237 Å². The molecule has 0 bridgehead atoms. The molecule has 10 aromatic rings. The van der Waals surface area contributed by atoms with E-state index in [-0.39, 0.29) is 0 Å². The minimum atomic E-state index is -0.545. The summed E-state index contributed by atoms with van der Waals surface area (Å²) in [7, 11) is 0. The van der Waals surface area contributed by atoms with Crippen LogP contribution in [0.1, 0.15) is 22.3 Å². The zero-order valence-electron chi connectivity index (χ0n) is 33.8. The maximum atomic E-state index is 6.78. The van der Waals surface area contributed by atoms with Crippen LogP contribution >= 0.6 is 0 Å². The largest absolute Gasteiger partial charge is 0.453 e. The second-order valence-corrected chi connectivity index (χ2v) is 16.0. The third-order valence-electron chi connectivity index (χ3n) is 12.6. The van der Waals surface area contributed by atoms with Gasteiger partial charge in [0, 0.05) is 17.4 Å². The molecular weight excluding hydrogens is 755 g/mol. The molecule has 0 radical (unpaired) electrons. The van der Waals surface area contributed by atoms with E-state index in [2.05, 4.69) is 211 Å². The van der Waals surface area contributed by atoms with Crippen LogP contribution in [0.5, 0.6) is 23.0 Å². The summed E-state index contributed by atoms with van der Waals surface area (Å²) in [6.45, 7) is 0. The third-order valence-corrected chi connectivity index (χ3v) is 12.6. The van der Waals surface area contributed by atoms with E-state index in [1.165, 1.54) is 50.1 Å². The lowest BCUT2D eigenvalue weighted by atomic mass is 9.67. The summed E-state index contributed by atoms with van der Waals surface area (Å²) in [5.41, 5.74) is 14.6. The number of hydrogen-bond acceptors (Lipinski definition) is 3. The number of benzene rings is 10. The first-order valence-electron chi connectivity index (χ1n) is 21.2. The molecule has 10 aromatic carbocycles. The quantitative estimate of drug-likeness (QED) is 0.160. The molecule has 0 aromatic heterocycles. The Labute approximate surface area is 361 Å². The molecular formula is C59H39NO2. The summed E-state index contributed by atoms with van der Waals surface area (Å²) in [6.07, 6.45) is 0. The second kappa shape index (κ2) is 14.5. The van der Waals surface area contributed by atoms with Gasteiger partial charge in [0.2, 0.25) is 0 Å². The SMILES string of the molecule is c1ccc(-c2ccccc2-c2ccc(N(c3ccc4c(c3)Oc3cccc5cccc(c35)O4)c3ccc4c(c3)C(c3ccccc3)(c3ccccc3)c3ccccc3-4)cc2)cc1. The van der Waals surface area contributed by atoms with E-state index in [0.29, 0.717) is 11.5 Å². The molecule has 1 aliphatic carbocycles. The van der Waals surface area contributed by atoms with E-state index < -0.39 is 5.41 Å². The number of rotatable bonds is 7. The van der Waals surface area contributed by atoms with E-state index in [1.807, 2.05) is 30.3 Å². The van der Waals surface area contributed by atoms with Crippen LogP contribution in [-0.2, 0) is 5.41 Å². The molecule has 1 aliphatic heterocycles. The van der Waals surface area contributed by atoms with E-state index in [1.54, 1.807) is 0 Å². The number of nitrogens with zero attached hydrogens (tertiary/aromatic N) is 1. The van der Waals surface area contributed by atoms with Crippen molar-refractivity contribution >= 4 is 27.8 Å². The Kier molecular flexibility index (Phi) is 8.39. The highest BCUT2D eigenvalue weighted by molar-refractivity contribution is 5.95. The molecule has 0 atom stereocenters. The Morgan fingerprint density at radius 3 is 1.47 bits per heavy atom. The molecule has 3 nitrogen and oxygen atoms in total. The molecule has 292 valence electrons. The average molecular weight is 794 g/mol. The first-order valence-corrected chi connectivity index (χ1v) is 21.2. The minimum Gasteiger partial charge on any atom is -0.453 e. The van der Waals surface area contributed by atoms with E-state index in [0.717, 1.165) is 44.9 Å². The highest BCUT2D eigenvalue weighted by Gasteiger charge is 2.46. The van der Waals surface area contributed by atoms with Crippen LogP contribution in [0.3, 0.4) is 0 Å². The van der Waals surface area contributed by atoms with Crippen LogP contribution < -0.4 is 14.4 Å². The van der Waals surface area contributed by atoms with Crippen LogP contribution in [0, 0.1) is 0 Å². The van der Waals surface area contributed by atoms with Gasteiger partial charge >= 0.3 is 0 Å². The standard InChI is InChI=1S/C59H39NO2/c1-4-16-40(17-5-1)48-24-10-11-25-49(48)41-30-32-45(33-31-41)60(47-35-37-54-57(39-47)62-56-29-15-19-42-18-14-28-55(61-54)58(42)56)46-34-36-51-50-26-12-13-27-52(50)59(53(51)38-46,43-20-6-2-7-21-43)44-22-8-3-9-23-44/h1-39H. The van der Waals surface area contributed by atoms with Crippen molar-refractivity contribution in [3.63, 3.8) is 0 Å². The summed E-state index contributed by atoms with van der Waals surface area (Å²) < 4.78 is 13.4. The second-order valence-electron chi connectivity index (χ2n) is 16.0. The van der Waals surface area contributed by atoms with Crippen molar-refractivity contribution in [2.75, 3.05) is 4.90 Å². The molecule has 3 heteroatoms. The monoisotopic (exact) mass is 793 g/mol. The Morgan fingerprint density at radius 2 is 0.806 bits per heavy atom. The number of hydrogen-bond donors (Lipinski definition) is 0. The molecule has 2 aliphatic rings. The Balaban J connectivity index is 1.06. The highest BCUT2D eigenvalue weighted by Crippen LogP contribution is 2.57. The van der Waals surface area contributed by atoms with Gasteiger partial charge in [-0.25, -0.2) is 0 Å². The van der Waals surface area contributed by atoms with Crippen molar-refractivity contribution in [1.29, 1.82) is 0 Å². The zero-order chi connectivity index (χ0) is 41.0. The van der Waals surface area contributed by atoms with Crippen LogP contribution in [0.2, 0.25) is 0 Å². The van der Waals surface area contributed by atoms with E-state index in [4.69, 9.17) is 9.47 Å². The van der Waals surface area contributed by atoms with Crippen molar-refractivity contribution in [2.45, 2.75) is 5.41 Å². The summed E-state index contributed by atoms with van der Waals surface area (Å²) in [4.78, 5) is 2.35. The molecule has 0 unspecified atom stereocenters. The van der Waals surface area contributed by atoms with Gasteiger partial charge in [0.25, 0.3) is 0 Å². The van der Waals surface area contributed by atoms with Gasteiger partial charge in [-0.05, 0) is 110 Å². The Bertz CT molecular complexity index is 3240. The third kappa shape index (κ3) is 5.67. The van der Waals surface area contributed by atoms with Crippen molar-refractivity contribution in [3.8, 4) is 56.4 Å². The molecule has 0 spiro atoms. The fraction of sp³-hybridized carbons (Fsp3) is 0.0169. The first-order chi connectivity index (χ1) is 30.7. The maximum Gasteiger partial charge on any atom is 0.172 e. The zero-order valence-corrected chi connectivity index (χ0v) is 33.8. The van der Waals surface area contributed by atoms with Gasteiger partial charge in [0.15, 0.2) is 11.5 Å². The molecule has 0 N–H and O–H groups in total. The van der Waals surface area contributed by atoms with Gasteiger partial charge in [0.05, 0.1) is 16.5 Å². The van der Waals surface area contributed by atoms with Crippen molar-refractivity contribution < 1.29 is 9.47 Å². The molecule has 12 rings (SSSR count). The normalized spacial score (nSPS) is 12.9. The summed E-state index contributed by atoms with van der Waals surface area (Å²) in [6, 6.07) is 84.6. The van der Waals surface area contributed by atoms with Gasteiger partial charge in [-0.2, -0.15) is 0 Å². The lowest BCUT2D eigenvalue weighted by Gasteiger charge is -2.35. The molecule has 0 amide bonds. The first kappa shape index (κ1) is 35.8. The molecule has 0 saturated heterocycles. The van der Waals surface area contributed by atoms with Gasteiger partial charge < -0.3 is 14.4 Å². The lowest BCUT2D eigenvalue weighted by molar-refractivity contribution is 0.439. The van der Waals surface area contributed by atoms with Crippen LogP contribution in [0.4, 0.5) is 17.1 Å². The molecule has 0 saturated carbocycles. The van der Waals surface area contributed by atoms with Crippen LogP contribution in [-0.4, -0.2) is 0 Å². The predicted molar refractivity (Wildman–Crippen MR) is 253 cm³/mol.